The van der Waals surface area contributed by atoms with Gasteiger partial charge in [0, 0.05) is 6.20 Å². The highest BCUT2D eigenvalue weighted by atomic mass is 16.4. The van der Waals surface area contributed by atoms with Crippen LogP contribution in [0.5, 0.6) is 0 Å². The number of hydrogen-bond donors (Lipinski definition) is 1. The van der Waals surface area contributed by atoms with E-state index in [0.717, 1.165) is 0 Å². The number of nitrogens with zero attached hydrogens (tertiary/aromatic N) is 1. The Morgan fingerprint density at radius 2 is 2.38 bits per heavy atom. The molecule has 0 saturated carbocycles. The number of carboxylic acid groups (broad SMARTS) is 1. The second kappa shape index (κ2) is 3.80. The molecule has 4 nitrogen and oxygen atoms in total. The van der Waals surface area contributed by atoms with Gasteiger partial charge in [-0.05, 0) is 18.6 Å². The van der Waals surface area contributed by atoms with Crippen molar-refractivity contribution in [3.05, 3.63) is 29.6 Å². The van der Waals surface area contributed by atoms with Crippen molar-refractivity contribution < 1.29 is 14.7 Å². The Morgan fingerprint density at radius 3 is 2.92 bits per heavy atom. The third kappa shape index (κ3) is 1.90. The van der Waals surface area contributed by atoms with E-state index in [9.17, 15) is 9.59 Å². The van der Waals surface area contributed by atoms with Gasteiger partial charge in [-0.2, -0.15) is 0 Å². The van der Waals surface area contributed by atoms with Crippen LogP contribution in [0.15, 0.2) is 18.3 Å². The quantitative estimate of drug-likeness (QED) is 0.705. The molecule has 1 N–H and O–H groups in total. The van der Waals surface area contributed by atoms with Gasteiger partial charge in [0.2, 0.25) is 0 Å². The summed E-state index contributed by atoms with van der Waals surface area (Å²) in [4.78, 5) is 24.9. The number of aldehydes is 1. The number of hydrogen-bond acceptors (Lipinski definition) is 3. The normalized spacial score (nSPS) is 12.1. The minimum atomic E-state index is -0.962. The van der Waals surface area contributed by atoms with Crippen molar-refractivity contribution in [1.82, 2.24) is 4.98 Å². The summed E-state index contributed by atoms with van der Waals surface area (Å²) in [6.45, 7) is 1.52. The first kappa shape index (κ1) is 9.38. The fourth-order valence-electron chi connectivity index (χ4n) is 1.03. The third-order valence-corrected chi connectivity index (χ3v) is 1.82. The monoisotopic (exact) mass is 179 g/mol. The fraction of sp³-hybridized carbons (Fsp3) is 0.222. The number of rotatable bonds is 3. The predicted octanol–water partition coefficient (Wildman–Crippen LogP) is 1.08. The van der Waals surface area contributed by atoms with Crippen LogP contribution in [-0.4, -0.2) is 22.3 Å². The van der Waals surface area contributed by atoms with E-state index in [2.05, 4.69) is 4.98 Å². The molecule has 0 aliphatic heterocycles. The molecule has 4 heteroatoms. The fourth-order valence-corrected chi connectivity index (χ4v) is 1.03. The van der Waals surface area contributed by atoms with E-state index in [4.69, 9.17) is 5.11 Å². The minimum Gasteiger partial charge on any atom is -0.481 e. The molecule has 0 spiro atoms. The molecule has 0 bridgehead atoms. The molecule has 1 atom stereocenters. The van der Waals surface area contributed by atoms with Gasteiger partial charge in [-0.25, -0.2) is 0 Å². The van der Waals surface area contributed by atoms with Crippen LogP contribution in [0.25, 0.3) is 0 Å². The Kier molecular flexibility index (Phi) is 2.74. The predicted molar refractivity (Wildman–Crippen MR) is 45.7 cm³/mol. The molecule has 1 aromatic heterocycles. The van der Waals surface area contributed by atoms with Gasteiger partial charge in [0.1, 0.15) is 5.69 Å². The Hall–Kier alpha value is -1.71. The summed E-state index contributed by atoms with van der Waals surface area (Å²) in [5, 5.41) is 8.71. The number of carbonyl (C=O) groups excluding carboxylic acids is 1. The van der Waals surface area contributed by atoms with Gasteiger partial charge in [0.05, 0.1) is 5.92 Å². The van der Waals surface area contributed by atoms with Gasteiger partial charge in [0.15, 0.2) is 6.29 Å². The lowest BCUT2D eigenvalue weighted by Crippen LogP contribution is -2.10. The van der Waals surface area contributed by atoms with Crippen LogP contribution in [-0.2, 0) is 4.79 Å². The highest BCUT2D eigenvalue weighted by Crippen LogP contribution is 2.16. The van der Waals surface area contributed by atoms with Crippen molar-refractivity contribution in [2.24, 2.45) is 0 Å². The molecule has 1 aromatic rings. The molecule has 0 fully saturated rings. The van der Waals surface area contributed by atoms with Gasteiger partial charge in [-0.3, -0.25) is 14.6 Å². The largest absolute Gasteiger partial charge is 0.481 e. The van der Waals surface area contributed by atoms with Crippen LogP contribution < -0.4 is 0 Å². The molecule has 1 rings (SSSR count). The highest BCUT2D eigenvalue weighted by Gasteiger charge is 2.17. The maximum atomic E-state index is 10.6. The summed E-state index contributed by atoms with van der Waals surface area (Å²) in [5.41, 5.74) is 0.641. The van der Waals surface area contributed by atoms with Crippen molar-refractivity contribution in [2.75, 3.05) is 0 Å². The first-order valence-corrected chi connectivity index (χ1v) is 3.79. The molecule has 0 amide bonds. The first-order chi connectivity index (χ1) is 6.16. The molecule has 1 unspecified atom stereocenters. The SMILES string of the molecule is CC(C(=O)O)c1cccnc1C=O. The Labute approximate surface area is 75.2 Å². The van der Waals surface area contributed by atoms with Crippen LogP contribution in [0.2, 0.25) is 0 Å². The van der Waals surface area contributed by atoms with E-state index in [1.54, 1.807) is 12.1 Å². The van der Waals surface area contributed by atoms with Crippen molar-refractivity contribution in [3.8, 4) is 0 Å². The van der Waals surface area contributed by atoms with Crippen LogP contribution in [0.4, 0.5) is 0 Å². The first-order valence-electron chi connectivity index (χ1n) is 3.79. The van der Waals surface area contributed by atoms with Crippen LogP contribution in [0, 0.1) is 0 Å². The number of aliphatic carboxylic acids is 1. The summed E-state index contributed by atoms with van der Waals surface area (Å²) < 4.78 is 0. The van der Waals surface area contributed by atoms with Crippen molar-refractivity contribution in [3.63, 3.8) is 0 Å². The van der Waals surface area contributed by atoms with E-state index < -0.39 is 11.9 Å². The Morgan fingerprint density at radius 1 is 1.69 bits per heavy atom. The van der Waals surface area contributed by atoms with Crippen molar-refractivity contribution in [1.29, 1.82) is 0 Å². The summed E-state index contributed by atoms with van der Waals surface area (Å²) >= 11 is 0. The number of carboxylic acids is 1. The summed E-state index contributed by atoms with van der Waals surface area (Å²) in [7, 11) is 0. The second-order valence-corrected chi connectivity index (χ2v) is 2.66. The summed E-state index contributed by atoms with van der Waals surface area (Å²) in [5.74, 6) is -1.66. The summed E-state index contributed by atoms with van der Waals surface area (Å²) in [6, 6.07) is 3.21. The molecule has 13 heavy (non-hydrogen) atoms. The minimum absolute atomic E-state index is 0.192. The lowest BCUT2D eigenvalue weighted by atomic mass is 10.0. The topological polar surface area (TPSA) is 67.3 Å². The van der Waals surface area contributed by atoms with Gasteiger partial charge in [-0.15, -0.1) is 0 Å². The standard InChI is InChI=1S/C9H9NO3/c1-6(9(12)13)7-3-2-4-10-8(7)5-11/h2-6H,1H3,(H,12,13). The van der Waals surface area contributed by atoms with E-state index in [-0.39, 0.29) is 5.69 Å². The third-order valence-electron chi connectivity index (χ3n) is 1.82. The Bertz CT molecular complexity index is 335. The lowest BCUT2D eigenvalue weighted by Gasteiger charge is -2.07. The summed E-state index contributed by atoms with van der Waals surface area (Å²) in [6.07, 6.45) is 2.02. The van der Waals surface area contributed by atoms with Gasteiger partial charge < -0.3 is 5.11 Å². The molecule has 68 valence electrons. The zero-order valence-electron chi connectivity index (χ0n) is 7.10. The maximum absolute atomic E-state index is 10.6. The lowest BCUT2D eigenvalue weighted by molar-refractivity contribution is -0.138. The molecular weight excluding hydrogens is 170 g/mol. The number of carbonyl (C=O) groups is 2. The van der Waals surface area contributed by atoms with Crippen LogP contribution in [0.1, 0.15) is 28.9 Å². The van der Waals surface area contributed by atoms with Crippen molar-refractivity contribution >= 4 is 12.3 Å². The molecule has 0 saturated heterocycles. The maximum Gasteiger partial charge on any atom is 0.310 e. The van der Waals surface area contributed by atoms with E-state index >= 15 is 0 Å². The van der Waals surface area contributed by atoms with E-state index in [1.807, 2.05) is 0 Å². The van der Waals surface area contributed by atoms with Crippen LogP contribution >= 0.6 is 0 Å². The molecule has 0 radical (unpaired) electrons. The molecule has 1 heterocycles. The number of pyridine rings is 1. The highest BCUT2D eigenvalue weighted by molar-refractivity contribution is 5.81. The Balaban J connectivity index is 3.12. The average molecular weight is 179 g/mol. The van der Waals surface area contributed by atoms with Crippen LogP contribution in [0.3, 0.4) is 0 Å². The van der Waals surface area contributed by atoms with Gasteiger partial charge >= 0.3 is 5.97 Å². The van der Waals surface area contributed by atoms with Crippen molar-refractivity contribution in [2.45, 2.75) is 12.8 Å². The zero-order chi connectivity index (χ0) is 9.84. The van der Waals surface area contributed by atoms with E-state index in [1.165, 1.54) is 13.1 Å². The van der Waals surface area contributed by atoms with Gasteiger partial charge in [-0.1, -0.05) is 6.07 Å². The molecule has 0 aromatic carbocycles. The molecule has 0 aliphatic rings. The zero-order valence-corrected chi connectivity index (χ0v) is 7.10. The number of aromatic nitrogens is 1. The smallest absolute Gasteiger partial charge is 0.310 e. The molecule has 0 aliphatic carbocycles. The average Bonchev–Trinajstić information content (AvgIpc) is 2.16. The van der Waals surface area contributed by atoms with E-state index in [0.29, 0.717) is 11.8 Å². The second-order valence-electron chi connectivity index (χ2n) is 2.66. The molecular formula is C9H9NO3. The van der Waals surface area contributed by atoms with Gasteiger partial charge in [0.25, 0.3) is 0 Å².